The van der Waals surface area contributed by atoms with Crippen LogP contribution in [0.25, 0.3) is 16.7 Å². The van der Waals surface area contributed by atoms with E-state index in [1.54, 1.807) is 0 Å². The Bertz CT molecular complexity index is 1240. The van der Waals surface area contributed by atoms with Crippen molar-refractivity contribution in [1.82, 2.24) is 0 Å². The molecule has 32 heavy (non-hydrogen) atoms. The van der Waals surface area contributed by atoms with Gasteiger partial charge in [-0.1, -0.05) is 88.8 Å². The van der Waals surface area contributed by atoms with Crippen LogP contribution in [0.5, 0.6) is 0 Å². The first-order valence-electron chi connectivity index (χ1n) is 11.0. The summed E-state index contributed by atoms with van der Waals surface area (Å²) in [5.41, 5.74) is 8.57. The fourth-order valence-corrected chi connectivity index (χ4v) is 4.40. The minimum atomic E-state index is 1.08. The lowest BCUT2D eigenvalue weighted by Crippen LogP contribution is -2.09. The third-order valence-electron chi connectivity index (χ3n) is 5.83. The highest BCUT2D eigenvalue weighted by Gasteiger charge is 2.13. The van der Waals surface area contributed by atoms with Crippen molar-refractivity contribution < 1.29 is 0 Å². The molecule has 4 aromatic rings. The lowest BCUT2D eigenvalue weighted by Gasteiger charge is -2.26. The Morgan fingerprint density at radius 2 is 1.09 bits per heavy atom. The number of halogens is 1. The minimum absolute atomic E-state index is 1.08. The molecule has 2 heteroatoms. The molecule has 1 aliphatic carbocycles. The molecule has 4 aromatic carbocycles. The van der Waals surface area contributed by atoms with E-state index < -0.39 is 0 Å². The monoisotopic (exact) mass is 477 g/mol. The molecule has 1 nitrogen and oxygen atoms in total. The maximum Gasteiger partial charge on any atom is 0.0462 e. The average Bonchev–Trinajstić information content (AvgIpc) is 2.87. The second-order valence-electron chi connectivity index (χ2n) is 7.93. The van der Waals surface area contributed by atoms with E-state index in [0.29, 0.717) is 0 Å². The topological polar surface area (TPSA) is 3.24 Å². The van der Waals surface area contributed by atoms with Crippen LogP contribution in [0.15, 0.2) is 126 Å². The molecule has 0 fully saturated rings. The average molecular weight is 478 g/mol. The molecular weight excluding hydrogens is 454 g/mol. The molecule has 0 spiro atoms. The molecule has 0 N–H and O–H groups in total. The van der Waals surface area contributed by atoms with Crippen molar-refractivity contribution in [3.05, 3.63) is 131 Å². The standard InChI is InChI=1S/C30H24BrN/c31-27-15-21-30(22-16-27)32(28-17-11-25(12-18-28)23-7-3-1-4-8-23)29-19-13-26(14-20-29)24-9-5-2-6-10-24/h1-5,7-9,11-22H,6,10H2. The highest BCUT2D eigenvalue weighted by Crippen LogP contribution is 2.37. The van der Waals surface area contributed by atoms with Gasteiger partial charge in [0.1, 0.15) is 0 Å². The molecular formula is C30H24BrN. The van der Waals surface area contributed by atoms with Crippen molar-refractivity contribution in [3.63, 3.8) is 0 Å². The van der Waals surface area contributed by atoms with Crippen molar-refractivity contribution in [2.75, 3.05) is 4.90 Å². The molecule has 0 aliphatic heterocycles. The number of anilines is 3. The van der Waals surface area contributed by atoms with Gasteiger partial charge in [-0.3, -0.25) is 0 Å². The fraction of sp³-hybridized carbons (Fsp3) is 0.0667. The van der Waals surface area contributed by atoms with Crippen LogP contribution in [-0.4, -0.2) is 0 Å². The zero-order chi connectivity index (χ0) is 21.8. The Balaban J connectivity index is 1.52. The van der Waals surface area contributed by atoms with Gasteiger partial charge in [-0.2, -0.15) is 0 Å². The summed E-state index contributed by atoms with van der Waals surface area (Å²) >= 11 is 3.57. The number of hydrogen-bond acceptors (Lipinski definition) is 1. The van der Waals surface area contributed by atoms with E-state index >= 15 is 0 Å². The van der Waals surface area contributed by atoms with E-state index in [1.807, 2.05) is 0 Å². The Hall–Kier alpha value is -3.36. The van der Waals surface area contributed by atoms with Crippen LogP contribution >= 0.6 is 15.9 Å². The Morgan fingerprint density at radius 3 is 1.66 bits per heavy atom. The van der Waals surface area contributed by atoms with Crippen molar-refractivity contribution >= 4 is 38.6 Å². The molecule has 0 atom stereocenters. The van der Waals surface area contributed by atoms with Crippen molar-refractivity contribution in [2.45, 2.75) is 12.8 Å². The molecule has 0 radical (unpaired) electrons. The molecule has 0 aromatic heterocycles. The van der Waals surface area contributed by atoms with E-state index in [9.17, 15) is 0 Å². The Kier molecular flexibility index (Phi) is 6.04. The second-order valence-corrected chi connectivity index (χ2v) is 8.85. The molecule has 0 unspecified atom stereocenters. The fourth-order valence-electron chi connectivity index (χ4n) is 4.14. The predicted molar refractivity (Wildman–Crippen MR) is 141 cm³/mol. The summed E-state index contributed by atoms with van der Waals surface area (Å²) in [7, 11) is 0. The number of allylic oxidation sites excluding steroid dienone is 4. The molecule has 0 heterocycles. The van der Waals surface area contributed by atoms with Gasteiger partial charge >= 0.3 is 0 Å². The number of benzene rings is 4. The van der Waals surface area contributed by atoms with E-state index in [0.717, 1.165) is 34.4 Å². The Labute approximate surface area is 198 Å². The lowest BCUT2D eigenvalue weighted by molar-refractivity contribution is 1.05. The van der Waals surface area contributed by atoms with Gasteiger partial charge in [0.15, 0.2) is 0 Å². The van der Waals surface area contributed by atoms with E-state index in [1.165, 1.54) is 22.3 Å². The van der Waals surface area contributed by atoms with Gasteiger partial charge in [-0.05, 0) is 83.6 Å². The summed E-state index contributed by atoms with van der Waals surface area (Å²) in [6.45, 7) is 0. The van der Waals surface area contributed by atoms with Crippen LogP contribution in [-0.2, 0) is 0 Å². The van der Waals surface area contributed by atoms with Gasteiger partial charge in [-0.15, -0.1) is 0 Å². The SMILES string of the molecule is Brc1ccc(N(c2ccc(C3=CC=CCC3)cc2)c2ccc(-c3ccccc3)cc2)cc1. The zero-order valence-corrected chi connectivity index (χ0v) is 19.4. The molecule has 0 amide bonds. The van der Waals surface area contributed by atoms with Gasteiger partial charge < -0.3 is 4.90 Å². The van der Waals surface area contributed by atoms with Gasteiger partial charge in [0.2, 0.25) is 0 Å². The van der Waals surface area contributed by atoms with Gasteiger partial charge in [-0.25, -0.2) is 0 Å². The first-order valence-corrected chi connectivity index (χ1v) is 11.7. The van der Waals surface area contributed by atoms with E-state index in [4.69, 9.17) is 0 Å². The van der Waals surface area contributed by atoms with E-state index in [2.05, 4.69) is 142 Å². The van der Waals surface area contributed by atoms with Crippen LogP contribution in [0.1, 0.15) is 18.4 Å². The summed E-state index contributed by atoms with van der Waals surface area (Å²) in [6, 6.07) is 36.7. The molecule has 0 saturated carbocycles. The first-order chi connectivity index (χ1) is 15.8. The second kappa shape index (κ2) is 9.42. The van der Waals surface area contributed by atoms with Crippen LogP contribution in [0.2, 0.25) is 0 Å². The normalized spacial score (nSPS) is 13.0. The van der Waals surface area contributed by atoms with Crippen LogP contribution < -0.4 is 4.90 Å². The number of hydrogen-bond donors (Lipinski definition) is 0. The quantitative estimate of drug-likeness (QED) is 0.276. The zero-order valence-electron chi connectivity index (χ0n) is 17.8. The molecule has 0 saturated heterocycles. The summed E-state index contributed by atoms with van der Waals surface area (Å²) in [5, 5.41) is 0. The molecule has 0 bridgehead atoms. The molecule has 156 valence electrons. The lowest BCUT2D eigenvalue weighted by atomic mass is 9.97. The highest BCUT2D eigenvalue weighted by molar-refractivity contribution is 9.10. The maximum absolute atomic E-state index is 3.57. The minimum Gasteiger partial charge on any atom is -0.311 e. The number of rotatable bonds is 5. The summed E-state index contributed by atoms with van der Waals surface area (Å²) < 4.78 is 1.08. The smallest absolute Gasteiger partial charge is 0.0462 e. The van der Waals surface area contributed by atoms with Crippen LogP contribution in [0.3, 0.4) is 0 Å². The molecule has 5 rings (SSSR count). The summed E-state index contributed by atoms with van der Waals surface area (Å²) in [5.74, 6) is 0. The van der Waals surface area contributed by atoms with E-state index in [-0.39, 0.29) is 0 Å². The van der Waals surface area contributed by atoms with Crippen molar-refractivity contribution in [2.24, 2.45) is 0 Å². The summed E-state index contributed by atoms with van der Waals surface area (Å²) in [4.78, 5) is 2.31. The maximum atomic E-state index is 3.57. The van der Waals surface area contributed by atoms with Crippen LogP contribution in [0.4, 0.5) is 17.1 Å². The van der Waals surface area contributed by atoms with Crippen molar-refractivity contribution in [1.29, 1.82) is 0 Å². The van der Waals surface area contributed by atoms with Gasteiger partial charge in [0, 0.05) is 21.5 Å². The predicted octanol–water partition coefficient (Wildman–Crippen LogP) is 9.32. The molecule has 1 aliphatic rings. The summed E-state index contributed by atoms with van der Waals surface area (Å²) in [6.07, 6.45) is 8.84. The third-order valence-corrected chi connectivity index (χ3v) is 6.36. The highest BCUT2D eigenvalue weighted by atomic mass is 79.9. The van der Waals surface area contributed by atoms with Gasteiger partial charge in [0.05, 0.1) is 0 Å². The number of nitrogens with zero attached hydrogens (tertiary/aromatic N) is 1. The van der Waals surface area contributed by atoms with Crippen molar-refractivity contribution in [3.8, 4) is 11.1 Å². The Morgan fingerprint density at radius 1 is 0.562 bits per heavy atom. The third kappa shape index (κ3) is 4.46. The largest absolute Gasteiger partial charge is 0.311 e. The van der Waals surface area contributed by atoms with Crippen LogP contribution in [0, 0.1) is 0 Å². The first kappa shape index (κ1) is 20.5. The van der Waals surface area contributed by atoms with Gasteiger partial charge in [0.25, 0.3) is 0 Å².